The number of hydrogen-bond donors (Lipinski definition) is 3. The summed E-state index contributed by atoms with van der Waals surface area (Å²) in [6.45, 7) is 0. The van der Waals surface area contributed by atoms with Gasteiger partial charge in [0.1, 0.15) is 5.75 Å². The van der Waals surface area contributed by atoms with Crippen molar-refractivity contribution in [1.82, 2.24) is 5.32 Å². The number of benzene rings is 2. The molecule has 0 saturated heterocycles. The fourth-order valence-corrected chi connectivity index (χ4v) is 2.60. The van der Waals surface area contributed by atoms with Crippen LogP contribution in [-0.2, 0) is 0 Å². The average Bonchev–Trinajstić information content (AvgIpc) is 3.24. The number of rotatable bonds is 5. The summed E-state index contributed by atoms with van der Waals surface area (Å²) >= 11 is 5.18. The topological polar surface area (TPSA) is 92.6 Å². The van der Waals surface area contributed by atoms with Crippen LogP contribution in [0, 0.1) is 0 Å². The minimum atomic E-state index is -0.394. The van der Waals surface area contributed by atoms with E-state index < -0.39 is 5.91 Å². The van der Waals surface area contributed by atoms with Gasteiger partial charge in [0.2, 0.25) is 0 Å². The van der Waals surface area contributed by atoms with Gasteiger partial charge in [-0.05, 0) is 48.6 Å². The van der Waals surface area contributed by atoms with Crippen LogP contribution in [0.25, 0.3) is 0 Å². The molecule has 2 amide bonds. The van der Waals surface area contributed by atoms with E-state index in [1.165, 1.54) is 13.4 Å². The molecule has 0 bridgehead atoms. The molecule has 3 aromatic rings. The molecule has 2 aromatic carbocycles. The maximum Gasteiger partial charge on any atom is 0.291 e. The Morgan fingerprint density at radius 3 is 2.43 bits per heavy atom. The van der Waals surface area contributed by atoms with Crippen molar-refractivity contribution in [1.29, 1.82) is 0 Å². The molecule has 3 rings (SSSR count). The summed E-state index contributed by atoms with van der Waals surface area (Å²) in [6, 6.07) is 16.9. The first-order chi connectivity index (χ1) is 13.6. The molecular weight excluding hydrogens is 378 g/mol. The molecule has 8 heteroatoms. The number of furan rings is 1. The van der Waals surface area contributed by atoms with Gasteiger partial charge in [0, 0.05) is 17.3 Å². The maximum atomic E-state index is 12.1. The van der Waals surface area contributed by atoms with Gasteiger partial charge in [-0.25, -0.2) is 0 Å². The second-order valence-corrected chi connectivity index (χ2v) is 6.03. The molecule has 0 aliphatic carbocycles. The van der Waals surface area contributed by atoms with Crippen molar-refractivity contribution in [2.45, 2.75) is 0 Å². The third-order valence-corrected chi connectivity index (χ3v) is 3.92. The Morgan fingerprint density at radius 2 is 1.75 bits per heavy atom. The number of thiocarbonyl (C=S) groups is 1. The molecule has 0 aliphatic rings. The minimum absolute atomic E-state index is 0.142. The fraction of sp³-hybridized carbons (Fsp3) is 0.0500. The molecule has 7 nitrogen and oxygen atoms in total. The van der Waals surface area contributed by atoms with E-state index in [1.54, 1.807) is 54.6 Å². The number of carbonyl (C=O) groups excluding carboxylic acids is 2. The number of methoxy groups -OCH3 is 1. The molecule has 0 aliphatic heterocycles. The Hall–Kier alpha value is -3.65. The molecule has 0 radical (unpaired) electrons. The van der Waals surface area contributed by atoms with E-state index in [-0.39, 0.29) is 16.8 Å². The molecule has 0 atom stereocenters. The van der Waals surface area contributed by atoms with E-state index in [0.717, 1.165) is 0 Å². The van der Waals surface area contributed by atoms with Gasteiger partial charge in [-0.15, -0.1) is 0 Å². The summed E-state index contributed by atoms with van der Waals surface area (Å²) in [5.74, 6) is -0.0989. The Balaban J connectivity index is 1.65. The third-order valence-electron chi connectivity index (χ3n) is 3.72. The number of hydrogen-bond acceptors (Lipinski definition) is 5. The number of nitrogens with one attached hydrogen (secondary N) is 3. The maximum absolute atomic E-state index is 12.1. The Labute approximate surface area is 166 Å². The zero-order valence-corrected chi connectivity index (χ0v) is 15.7. The number of anilines is 2. The van der Waals surface area contributed by atoms with Gasteiger partial charge in [0.25, 0.3) is 11.8 Å². The van der Waals surface area contributed by atoms with Gasteiger partial charge in [0.05, 0.1) is 19.1 Å². The third kappa shape index (κ3) is 4.74. The highest BCUT2D eigenvalue weighted by atomic mass is 32.1. The number of amides is 2. The summed E-state index contributed by atoms with van der Waals surface area (Å²) in [5, 5.41) is 8.37. The van der Waals surface area contributed by atoms with Crippen LogP contribution in [0.2, 0.25) is 0 Å². The molecule has 1 aromatic heterocycles. The van der Waals surface area contributed by atoms with Gasteiger partial charge >= 0.3 is 0 Å². The van der Waals surface area contributed by atoms with Crippen LogP contribution in [0.5, 0.6) is 5.75 Å². The minimum Gasteiger partial charge on any atom is -0.494 e. The van der Waals surface area contributed by atoms with Crippen molar-refractivity contribution in [3.05, 3.63) is 78.3 Å². The summed E-state index contributed by atoms with van der Waals surface area (Å²) in [6.07, 6.45) is 1.42. The van der Waals surface area contributed by atoms with Crippen LogP contribution < -0.4 is 20.7 Å². The van der Waals surface area contributed by atoms with Gasteiger partial charge in [-0.3, -0.25) is 14.9 Å². The molecule has 0 fully saturated rings. The molecular formula is C20H17N3O4S. The second-order valence-electron chi connectivity index (χ2n) is 5.62. The first-order valence-electron chi connectivity index (χ1n) is 8.27. The van der Waals surface area contributed by atoms with Gasteiger partial charge in [-0.1, -0.05) is 18.2 Å². The fourth-order valence-electron chi connectivity index (χ4n) is 2.39. The Bertz CT molecular complexity index is 988. The summed E-state index contributed by atoms with van der Waals surface area (Å²) in [7, 11) is 1.48. The monoisotopic (exact) mass is 395 g/mol. The van der Waals surface area contributed by atoms with E-state index in [4.69, 9.17) is 21.4 Å². The lowest BCUT2D eigenvalue weighted by atomic mass is 10.2. The van der Waals surface area contributed by atoms with Crippen molar-refractivity contribution >= 4 is 40.5 Å². The zero-order chi connectivity index (χ0) is 19.9. The highest BCUT2D eigenvalue weighted by Gasteiger charge is 2.13. The molecule has 0 saturated carbocycles. The quantitative estimate of drug-likeness (QED) is 0.571. The standard InChI is InChI=1S/C20H17N3O4S/c1-26-17-12-14(9-10-15(17)22-19(25)16-8-5-11-27-16)21-20(28)23-18(24)13-6-3-2-4-7-13/h2-12H,1H3,(H,22,25)(H2,21,23,24,28). The van der Waals surface area contributed by atoms with Gasteiger partial charge in [0.15, 0.2) is 10.9 Å². The van der Waals surface area contributed by atoms with E-state index in [0.29, 0.717) is 22.7 Å². The lowest BCUT2D eigenvalue weighted by Gasteiger charge is -2.13. The van der Waals surface area contributed by atoms with Crippen LogP contribution in [0.15, 0.2) is 71.3 Å². The Kier molecular flexibility index (Phi) is 6.03. The van der Waals surface area contributed by atoms with Crippen molar-refractivity contribution in [3.63, 3.8) is 0 Å². The van der Waals surface area contributed by atoms with Gasteiger partial charge < -0.3 is 19.8 Å². The second kappa shape index (κ2) is 8.83. The van der Waals surface area contributed by atoms with E-state index in [1.807, 2.05) is 6.07 Å². The predicted molar refractivity (Wildman–Crippen MR) is 110 cm³/mol. The summed E-state index contributed by atoms with van der Waals surface area (Å²) in [5.41, 5.74) is 1.56. The molecule has 0 spiro atoms. The normalized spacial score (nSPS) is 10.0. The highest BCUT2D eigenvalue weighted by molar-refractivity contribution is 7.80. The SMILES string of the molecule is COc1cc(NC(=S)NC(=O)c2ccccc2)ccc1NC(=O)c1ccco1. The highest BCUT2D eigenvalue weighted by Crippen LogP contribution is 2.28. The molecule has 1 heterocycles. The average molecular weight is 395 g/mol. The lowest BCUT2D eigenvalue weighted by molar-refractivity contribution is 0.0975. The van der Waals surface area contributed by atoms with Crippen molar-refractivity contribution in [3.8, 4) is 5.75 Å². The summed E-state index contributed by atoms with van der Waals surface area (Å²) in [4.78, 5) is 24.3. The molecule has 142 valence electrons. The Morgan fingerprint density at radius 1 is 0.964 bits per heavy atom. The summed E-state index contributed by atoms with van der Waals surface area (Å²) < 4.78 is 10.4. The van der Waals surface area contributed by atoms with Crippen LogP contribution in [0.1, 0.15) is 20.9 Å². The largest absolute Gasteiger partial charge is 0.494 e. The van der Waals surface area contributed by atoms with Crippen LogP contribution in [0.4, 0.5) is 11.4 Å². The van der Waals surface area contributed by atoms with Gasteiger partial charge in [-0.2, -0.15) is 0 Å². The smallest absolute Gasteiger partial charge is 0.291 e. The molecule has 0 unspecified atom stereocenters. The lowest BCUT2D eigenvalue weighted by Crippen LogP contribution is -2.34. The molecule has 28 heavy (non-hydrogen) atoms. The van der Waals surface area contributed by atoms with Crippen LogP contribution in [-0.4, -0.2) is 24.0 Å². The number of ether oxygens (including phenoxy) is 1. The molecule has 3 N–H and O–H groups in total. The van der Waals surface area contributed by atoms with Crippen LogP contribution in [0.3, 0.4) is 0 Å². The van der Waals surface area contributed by atoms with Crippen molar-refractivity contribution in [2.75, 3.05) is 17.7 Å². The predicted octanol–water partition coefficient (Wildman–Crippen LogP) is 3.67. The number of carbonyl (C=O) groups is 2. The first-order valence-corrected chi connectivity index (χ1v) is 8.68. The van der Waals surface area contributed by atoms with E-state index in [2.05, 4.69) is 16.0 Å². The zero-order valence-electron chi connectivity index (χ0n) is 14.9. The van der Waals surface area contributed by atoms with Crippen LogP contribution >= 0.6 is 12.2 Å². The van der Waals surface area contributed by atoms with Crippen molar-refractivity contribution in [2.24, 2.45) is 0 Å². The van der Waals surface area contributed by atoms with E-state index >= 15 is 0 Å². The van der Waals surface area contributed by atoms with E-state index in [9.17, 15) is 9.59 Å². The first kappa shape index (κ1) is 19.1. The van der Waals surface area contributed by atoms with Crippen molar-refractivity contribution < 1.29 is 18.7 Å².